The molecule has 1 aliphatic carbocycles. The minimum atomic E-state index is -0.176. The minimum absolute atomic E-state index is 0.0180. The number of nitrogens with one attached hydrogen (secondary N) is 1. The average molecular weight is 346 g/mol. The molecule has 1 atom stereocenters. The number of carbonyl (C=O) groups excluding carboxylic acids is 1. The molecule has 0 radical (unpaired) electrons. The van der Waals surface area contributed by atoms with Gasteiger partial charge in [-0.1, -0.05) is 19.3 Å². The van der Waals surface area contributed by atoms with E-state index >= 15 is 0 Å². The molecule has 128 valence electrons. The molecule has 0 bridgehead atoms. The normalized spacial score (nSPS) is 16.7. The van der Waals surface area contributed by atoms with Gasteiger partial charge in [-0.3, -0.25) is 14.8 Å². The highest BCUT2D eigenvalue weighted by molar-refractivity contribution is 7.13. The lowest BCUT2D eigenvalue weighted by Gasteiger charge is -2.30. The molecule has 2 aromatic heterocycles. The van der Waals surface area contributed by atoms with Gasteiger partial charge in [0.1, 0.15) is 16.4 Å². The Morgan fingerprint density at radius 3 is 2.88 bits per heavy atom. The third-order valence-corrected chi connectivity index (χ3v) is 5.36. The zero-order chi connectivity index (χ0) is 16.8. The number of aliphatic hydroxyl groups excluding tert-OH is 1. The van der Waals surface area contributed by atoms with Gasteiger partial charge in [-0.25, -0.2) is 4.98 Å². The van der Waals surface area contributed by atoms with E-state index in [2.05, 4.69) is 20.3 Å². The second kappa shape index (κ2) is 8.30. The van der Waals surface area contributed by atoms with Crippen LogP contribution in [0.25, 0.3) is 10.7 Å². The Morgan fingerprint density at radius 2 is 2.17 bits per heavy atom. The van der Waals surface area contributed by atoms with Crippen LogP contribution < -0.4 is 5.32 Å². The van der Waals surface area contributed by atoms with Crippen LogP contribution in [0.5, 0.6) is 0 Å². The number of amides is 1. The predicted octanol–water partition coefficient (Wildman–Crippen LogP) is 2.66. The van der Waals surface area contributed by atoms with E-state index in [1.165, 1.54) is 30.6 Å². The third-order valence-electron chi connectivity index (χ3n) is 4.49. The van der Waals surface area contributed by atoms with Crippen molar-refractivity contribution in [1.82, 2.24) is 20.3 Å². The zero-order valence-electron chi connectivity index (χ0n) is 13.5. The van der Waals surface area contributed by atoms with Crippen molar-refractivity contribution in [2.75, 3.05) is 6.61 Å². The van der Waals surface area contributed by atoms with Gasteiger partial charge in [0, 0.05) is 30.4 Å². The monoisotopic (exact) mass is 346 g/mol. The van der Waals surface area contributed by atoms with E-state index in [0.29, 0.717) is 28.7 Å². The molecule has 1 saturated carbocycles. The van der Waals surface area contributed by atoms with Gasteiger partial charge in [0.2, 0.25) is 0 Å². The minimum Gasteiger partial charge on any atom is -0.396 e. The largest absolute Gasteiger partial charge is 0.396 e. The standard InChI is InChI=1S/C17H22N4O2S/c22-9-6-13(12-4-2-1-3-5-12)20-16(23)15-11-24-17(21-15)14-10-18-7-8-19-14/h7-8,10-13,22H,1-6,9H2,(H,20,23). The molecule has 0 saturated heterocycles. The zero-order valence-corrected chi connectivity index (χ0v) is 14.3. The van der Waals surface area contributed by atoms with Gasteiger partial charge in [0.25, 0.3) is 5.91 Å². The third kappa shape index (κ3) is 4.15. The van der Waals surface area contributed by atoms with Crippen molar-refractivity contribution in [1.29, 1.82) is 0 Å². The molecule has 6 nitrogen and oxygen atoms in total. The van der Waals surface area contributed by atoms with Crippen LogP contribution in [-0.4, -0.2) is 38.6 Å². The molecule has 0 spiro atoms. The Kier molecular flexibility index (Phi) is 5.87. The first-order chi connectivity index (χ1) is 11.8. The second-order valence-electron chi connectivity index (χ2n) is 6.12. The van der Waals surface area contributed by atoms with Gasteiger partial charge >= 0.3 is 0 Å². The van der Waals surface area contributed by atoms with Gasteiger partial charge in [0.15, 0.2) is 0 Å². The molecule has 7 heteroatoms. The Labute approximate surface area is 145 Å². The average Bonchev–Trinajstić information content (AvgIpc) is 3.13. The molecule has 0 aromatic carbocycles. The van der Waals surface area contributed by atoms with E-state index < -0.39 is 0 Å². The van der Waals surface area contributed by atoms with E-state index in [1.54, 1.807) is 24.0 Å². The molecule has 3 rings (SSSR count). The lowest BCUT2D eigenvalue weighted by Crippen LogP contribution is -2.41. The molecule has 2 aromatic rings. The number of aliphatic hydroxyl groups is 1. The highest BCUT2D eigenvalue weighted by Crippen LogP contribution is 2.28. The Bertz CT molecular complexity index is 656. The van der Waals surface area contributed by atoms with Gasteiger partial charge in [-0.2, -0.15) is 0 Å². The van der Waals surface area contributed by atoms with E-state index in [1.807, 2.05) is 0 Å². The molecule has 1 fully saturated rings. The summed E-state index contributed by atoms with van der Waals surface area (Å²) in [5.74, 6) is 0.276. The van der Waals surface area contributed by atoms with E-state index in [4.69, 9.17) is 0 Å². The number of aromatic nitrogens is 3. The first-order valence-electron chi connectivity index (χ1n) is 8.41. The summed E-state index contributed by atoms with van der Waals surface area (Å²) >= 11 is 1.38. The van der Waals surface area contributed by atoms with Crippen LogP contribution >= 0.6 is 11.3 Å². The fourth-order valence-corrected chi connectivity index (χ4v) is 4.01. The van der Waals surface area contributed by atoms with Crippen molar-refractivity contribution in [3.63, 3.8) is 0 Å². The summed E-state index contributed by atoms with van der Waals surface area (Å²) < 4.78 is 0. The summed E-state index contributed by atoms with van der Waals surface area (Å²) in [5.41, 5.74) is 1.07. The van der Waals surface area contributed by atoms with Crippen LogP contribution in [0.1, 0.15) is 49.0 Å². The maximum Gasteiger partial charge on any atom is 0.271 e. The fraction of sp³-hybridized carbons (Fsp3) is 0.529. The first kappa shape index (κ1) is 17.0. The fourth-order valence-electron chi connectivity index (χ4n) is 3.25. The smallest absolute Gasteiger partial charge is 0.271 e. The molecule has 24 heavy (non-hydrogen) atoms. The van der Waals surface area contributed by atoms with Crippen molar-refractivity contribution in [3.05, 3.63) is 29.7 Å². The van der Waals surface area contributed by atoms with E-state index in [-0.39, 0.29) is 18.6 Å². The maximum absolute atomic E-state index is 12.5. The molecule has 2 heterocycles. The summed E-state index contributed by atoms with van der Waals surface area (Å²) in [7, 11) is 0. The summed E-state index contributed by atoms with van der Waals surface area (Å²) in [6.07, 6.45) is 11.4. The topological polar surface area (TPSA) is 88.0 Å². The quantitative estimate of drug-likeness (QED) is 0.839. The Hall–Kier alpha value is -1.86. The van der Waals surface area contributed by atoms with Crippen LogP contribution in [0, 0.1) is 5.92 Å². The van der Waals surface area contributed by atoms with E-state index in [9.17, 15) is 9.90 Å². The number of hydrogen-bond donors (Lipinski definition) is 2. The van der Waals surface area contributed by atoms with Gasteiger partial charge in [-0.05, 0) is 25.2 Å². The van der Waals surface area contributed by atoms with Crippen molar-refractivity contribution < 1.29 is 9.90 Å². The van der Waals surface area contributed by atoms with Crippen molar-refractivity contribution in [2.45, 2.75) is 44.6 Å². The molecular weight excluding hydrogens is 324 g/mol. The highest BCUT2D eigenvalue weighted by Gasteiger charge is 2.25. The summed E-state index contributed by atoms with van der Waals surface area (Å²) in [6.45, 7) is 0.0867. The number of rotatable bonds is 6. The lowest BCUT2D eigenvalue weighted by molar-refractivity contribution is 0.0895. The van der Waals surface area contributed by atoms with Crippen LogP contribution in [0.15, 0.2) is 24.0 Å². The summed E-state index contributed by atoms with van der Waals surface area (Å²) in [4.78, 5) is 25.1. The molecule has 1 aliphatic rings. The van der Waals surface area contributed by atoms with Crippen LogP contribution in [0.3, 0.4) is 0 Å². The molecule has 2 N–H and O–H groups in total. The Balaban J connectivity index is 1.67. The number of hydrogen-bond acceptors (Lipinski definition) is 6. The summed E-state index contributed by atoms with van der Waals surface area (Å²) in [5, 5.41) is 14.8. The predicted molar refractivity (Wildman–Crippen MR) is 92.7 cm³/mol. The first-order valence-corrected chi connectivity index (χ1v) is 9.29. The molecule has 1 unspecified atom stereocenters. The van der Waals surface area contributed by atoms with Crippen molar-refractivity contribution >= 4 is 17.2 Å². The SMILES string of the molecule is O=C(NC(CCO)C1CCCCC1)c1csc(-c2cnccn2)n1. The molecule has 0 aliphatic heterocycles. The number of nitrogens with zero attached hydrogens (tertiary/aromatic N) is 3. The lowest BCUT2D eigenvalue weighted by atomic mass is 9.82. The van der Waals surface area contributed by atoms with Crippen LogP contribution in [0.4, 0.5) is 0 Å². The van der Waals surface area contributed by atoms with Crippen molar-refractivity contribution in [3.8, 4) is 10.7 Å². The number of carbonyl (C=O) groups is 1. The van der Waals surface area contributed by atoms with E-state index in [0.717, 1.165) is 12.8 Å². The van der Waals surface area contributed by atoms with Gasteiger partial charge < -0.3 is 10.4 Å². The van der Waals surface area contributed by atoms with Gasteiger partial charge in [0.05, 0.1) is 6.20 Å². The Morgan fingerprint density at radius 1 is 1.33 bits per heavy atom. The van der Waals surface area contributed by atoms with Crippen LogP contribution in [0.2, 0.25) is 0 Å². The number of thiazole rings is 1. The summed E-state index contributed by atoms with van der Waals surface area (Å²) in [6, 6.07) is 0.0180. The highest BCUT2D eigenvalue weighted by atomic mass is 32.1. The molecular formula is C17H22N4O2S. The van der Waals surface area contributed by atoms with Crippen molar-refractivity contribution in [2.24, 2.45) is 5.92 Å². The second-order valence-corrected chi connectivity index (χ2v) is 6.98. The van der Waals surface area contributed by atoms with Crippen LogP contribution in [-0.2, 0) is 0 Å². The van der Waals surface area contributed by atoms with Gasteiger partial charge in [-0.15, -0.1) is 11.3 Å². The maximum atomic E-state index is 12.5. The molecule has 1 amide bonds.